The van der Waals surface area contributed by atoms with Crippen LogP contribution in [0.4, 0.5) is 5.69 Å². The molecule has 0 N–H and O–H groups in total. The topological polar surface area (TPSA) is 63.7 Å². The third-order valence-corrected chi connectivity index (χ3v) is 7.65. The Bertz CT molecular complexity index is 1230. The summed E-state index contributed by atoms with van der Waals surface area (Å²) in [7, 11) is -4.07. The van der Waals surface area contributed by atoms with E-state index < -0.39 is 15.9 Å². The van der Waals surface area contributed by atoms with Crippen molar-refractivity contribution < 1.29 is 17.9 Å². The number of nitrogens with zero attached hydrogens (tertiary/aromatic N) is 1. The van der Waals surface area contributed by atoms with E-state index in [0.29, 0.717) is 28.4 Å². The Hall–Kier alpha value is -2.83. The molecule has 7 heteroatoms. The second-order valence-corrected chi connectivity index (χ2v) is 10.3. The van der Waals surface area contributed by atoms with Crippen molar-refractivity contribution in [2.24, 2.45) is 0 Å². The summed E-state index contributed by atoms with van der Waals surface area (Å²) in [4.78, 5) is 13.3. The Morgan fingerprint density at radius 1 is 0.909 bits per heavy atom. The number of aryl methyl sites for hydroxylation is 4. The van der Waals surface area contributed by atoms with Gasteiger partial charge in [-0.05, 0) is 86.7 Å². The lowest BCUT2D eigenvalue weighted by molar-refractivity contribution is -0.117. The molecular weight excluding hydrogens is 458 g/mol. The van der Waals surface area contributed by atoms with Gasteiger partial charge in [0.05, 0.1) is 17.2 Å². The summed E-state index contributed by atoms with van der Waals surface area (Å²) in [6.45, 7) is 7.75. The fourth-order valence-electron chi connectivity index (χ4n) is 3.54. The van der Waals surface area contributed by atoms with Gasteiger partial charge in [-0.1, -0.05) is 41.9 Å². The van der Waals surface area contributed by atoms with Crippen molar-refractivity contribution in [1.29, 1.82) is 0 Å². The molecule has 0 aliphatic carbocycles. The average molecular weight is 486 g/mol. The van der Waals surface area contributed by atoms with Crippen LogP contribution in [0.1, 0.15) is 35.1 Å². The number of amides is 1. The van der Waals surface area contributed by atoms with Crippen molar-refractivity contribution in [2.45, 2.75) is 45.4 Å². The first-order valence-corrected chi connectivity index (χ1v) is 12.5. The first-order chi connectivity index (χ1) is 15.6. The number of carbonyl (C=O) groups excluding carboxylic acids is 1. The van der Waals surface area contributed by atoms with Crippen LogP contribution in [0.15, 0.2) is 65.6 Å². The first kappa shape index (κ1) is 24.8. The minimum atomic E-state index is -4.07. The molecule has 3 aromatic carbocycles. The minimum Gasteiger partial charge on any atom is -0.494 e. The van der Waals surface area contributed by atoms with Gasteiger partial charge in [-0.25, -0.2) is 12.7 Å². The number of carbonyl (C=O) groups is 1. The zero-order chi connectivity index (χ0) is 24.2. The zero-order valence-electron chi connectivity index (χ0n) is 19.3. The molecule has 0 aromatic heterocycles. The highest BCUT2D eigenvalue weighted by atomic mass is 35.5. The molecular formula is C26H28ClNO4S. The molecule has 0 radical (unpaired) electrons. The van der Waals surface area contributed by atoms with Crippen LogP contribution in [0.25, 0.3) is 0 Å². The summed E-state index contributed by atoms with van der Waals surface area (Å²) in [6.07, 6.45) is 0.385. The number of halogens is 1. The second kappa shape index (κ2) is 10.4. The third kappa shape index (κ3) is 5.75. The molecule has 0 spiro atoms. The molecule has 1 amide bonds. The van der Waals surface area contributed by atoms with Crippen molar-refractivity contribution in [3.05, 3.63) is 87.9 Å². The quantitative estimate of drug-likeness (QED) is 0.359. The highest BCUT2D eigenvalue weighted by molar-refractivity contribution is 7.93. The van der Waals surface area contributed by atoms with Crippen LogP contribution in [0.5, 0.6) is 5.75 Å². The van der Waals surface area contributed by atoms with E-state index >= 15 is 0 Å². The van der Waals surface area contributed by atoms with Gasteiger partial charge in [0.1, 0.15) is 5.75 Å². The zero-order valence-corrected chi connectivity index (χ0v) is 20.8. The number of anilines is 1. The maximum atomic E-state index is 13.5. The molecule has 0 saturated heterocycles. The molecule has 0 aliphatic rings. The first-order valence-electron chi connectivity index (χ1n) is 10.7. The molecule has 33 heavy (non-hydrogen) atoms. The predicted octanol–water partition coefficient (Wildman–Crippen LogP) is 6.15. The monoisotopic (exact) mass is 485 g/mol. The lowest BCUT2D eigenvalue weighted by Gasteiger charge is -2.25. The van der Waals surface area contributed by atoms with E-state index in [-0.39, 0.29) is 17.9 Å². The summed E-state index contributed by atoms with van der Waals surface area (Å²) in [5.74, 6) is 0.171. The average Bonchev–Trinajstić information content (AvgIpc) is 2.78. The number of benzene rings is 3. The Morgan fingerprint density at radius 2 is 1.55 bits per heavy atom. The van der Waals surface area contributed by atoms with Gasteiger partial charge in [-0.3, -0.25) is 4.79 Å². The third-order valence-electron chi connectivity index (χ3n) is 5.31. The van der Waals surface area contributed by atoms with E-state index in [4.69, 9.17) is 16.3 Å². The summed E-state index contributed by atoms with van der Waals surface area (Å²) in [6, 6.07) is 17.1. The minimum absolute atomic E-state index is 0.0188. The van der Waals surface area contributed by atoms with Gasteiger partial charge in [0, 0.05) is 11.4 Å². The number of ether oxygens (including phenoxy) is 1. The molecule has 0 saturated carbocycles. The predicted molar refractivity (Wildman–Crippen MR) is 133 cm³/mol. The van der Waals surface area contributed by atoms with Crippen LogP contribution in [0, 0.1) is 27.7 Å². The Kier molecular flexibility index (Phi) is 7.82. The van der Waals surface area contributed by atoms with E-state index in [9.17, 15) is 13.2 Å². The highest BCUT2D eigenvalue weighted by Gasteiger charge is 2.31. The molecule has 174 valence electrons. The van der Waals surface area contributed by atoms with Crippen LogP contribution in [-0.2, 0) is 14.8 Å². The molecule has 0 heterocycles. The van der Waals surface area contributed by atoms with Gasteiger partial charge < -0.3 is 4.74 Å². The van der Waals surface area contributed by atoms with Gasteiger partial charge in [0.25, 0.3) is 10.0 Å². The molecule has 0 bridgehead atoms. The van der Waals surface area contributed by atoms with Crippen LogP contribution < -0.4 is 9.04 Å². The summed E-state index contributed by atoms with van der Waals surface area (Å²) in [5.41, 5.74) is 3.77. The molecule has 3 aromatic rings. The van der Waals surface area contributed by atoms with Gasteiger partial charge in [-0.2, -0.15) is 0 Å². The number of sulfonamides is 1. The summed E-state index contributed by atoms with van der Waals surface area (Å²) >= 11 is 6.20. The van der Waals surface area contributed by atoms with Crippen LogP contribution in [0.3, 0.4) is 0 Å². The molecule has 0 unspecified atom stereocenters. The van der Waals surface area contributed by atoms with E-state index in [1.165, 1.54) is 12.1 Å². The van der Waals surface area contributed by atoms with Crippen molar-refractivity contribution in [3.63, 3.8) is 0 Å². The molecule has 0 fully saturated rings. The standard InChI is InChI=1S/C26H28ClNO4S/c1-18-12-13-19(2)24(15-18)28(33(30,31)23-9-6-5-7-10-23)25(29)11-8-14-32-22-16-20(3)26(27)21(4)17-22/h5-7,9-10,12-13,15-17H,8,11,14H2,1-4H3. The summed E-state index contributed by atoms with van der Waals surface area (Å²) in [5, 5.41) is 0.702. The maximum absolute atomic E-state index is 13.5. The highest BCUT2D eigenvalue weighted by Crippen LogP contribution is 2.29. The summed E-state index contributed by atoms with van der Waals surface area (Å²) < 4.78 is 33.6. The van der Waals surface area contributed by atoms with Gasteiger partial charge in [-0.15, -0.1) is 0 Å². The van der Waals surface area contributed by atoms with E-state index in [1.807, 2.05) is 45.0 Å². The molecule has 5 nitrogen and oxygen atoms in total. The van der Waals surface area contributed by atoms with Crippen molar-refractivity contribution in [3.8, 4) is 5.75 Å². The molecule has 0 aliphatic heterocycles. The Labute approximate surface area is 201 Å². The van der Waals surface area contributed by atoms with Crippen molar-refractivity contribution in [1.82, 2.24) is 0 Å². The largest absolute Gasteiger partial charge is 0.494 e. The maximum Gasteiger partial charge on any atom is 0.270 e. The Morgan fingerprint density at radius 3 is 2.18 bits per heavy atom. The van der Waals surface area contributed by atoms with Crippen LogP contribution in [0.2, 0.25) is 5.02 Å². The number of hydrogen-bond donors (Lipinski definition) is 0. The van der Waals surface area contributed by atoms with E-state index in [2.05, 4.69) is 0 Å². The molecule has 3 rings (SSSR count). The van der Waals surface area contributed by atoms with E-state index in [0.717, 1.165) is 21.0 Å². The Balaban J connectivity index is 1.81. The number of rotatable bonds is 8. The van der Waals surface area contributed by atoms with Crippen molar-refractivity contribution in [2.75, 3.05) is 10.9 Å². The van der Waals surface area contributed by atoms with Gasteiger partial charge >= 0.3 is 0 Å². The van der Waals surface area contributed by atoms with Crippen LogP contribution in [-0.4, -0.2) is 20.9 Å². The number of hydrogen-bond acceptors (Lipinski definition) is 4. The van der Waals surface area contributed by atoms with Crippen LogP contribution >= 0.6 is 11.6 Å². The van der Waals surface area contributed by atoms with Crippen molar-refractivity contribution >= 4 is 33.2 Å². The smallest absolute Gasteiger partial charge is 0.270 e. The normalized spacial score (nSPS) is 11.3. The van der Waals surface area contributed by atoms with Gasteiger partial charge in [0.2, 0.25) is 5.91 Å². The fourth-order valence-corrected chi connectivity index (χ4v) is 5.17. The van der Waals surface area contributed by atoms with E-state index in [1.54, 1.807) is 31.2 Å². The lowest BCUT2D eigenvalue weighted by atomic mass is 10.1. The second-order valence-electron chi connectivity index (χ2n) is 8.09. The fraction of sp³-hybridized carbons (Fsp3) is 0.269. The molecule has 0 atom stereocenters. The lowest BCUT2D eigenvalue weighted by Crippen LogP contribution is -2.37. The van der Waals surface area contributed by atoms with Gasteiger partial charge in [0.15, 0.2) is 0 Å². The SMILES string of the molecule is Cc1ccc(C)c(N(C(=O)CCCOc2cc(C)c(Cl)c(C)c2)S(=O)(=O)c2ccccc2)c1.